The van der Waals surface area contributed by atoms with Gasteiger partial charge in [0.05, 0.1) is 10.1 Å². The fraction of sp³-hybridized carbons (Fsp3) is 0.650. The maximum atomic E-state index is 13.1. The van der Waals surface area contributed by atoms with E-state index in [1.54, 1.807) is 24.3 Å². The molecule has 0 aromatic heterocycles. The summed E-state index contributed by atoms with van der Waals surface area (Å²) in [5.41, 5.74) is 0. The number of carbonyl (C=O) groups excluding carboxylic acids is 1. The molecule has 0 N–H and O–H groups in total. The summed E-state index contributed by atoms with van der Waals surface area (Å²) in [5.74, 6) is 0.401. The normalized spacial score (nSPS) is 30.5. The van der Waals surface area contributed by atoms with Gasteiger partial charge in [0.15, 0.2) is 9.84 Å². The Kier molecular flexibility index (Phi) is 4.82. The standard InChI is InChI=1S/C20H28N2O3S/c1-21-11-9-15(10-12-21)20(23)22-16-7-8-17(22)14-19(13-16)26(24,25)18-5-3-2-4-6-18/h2-6,15-17,19H,7-14H2,1H3. The third-order valence-corrected chi connectivity index (χ3v) is 8.71. The fourth-order valence-electron chi connectivity index (χ4n) is 5.01. The van der Waals surface area contributed by atoms with Crippen LogP contribution in [0.1, 0.15) is 38.5 Å². The number of hydrogen-bond acceptors (Lipinski definition) is 4. The second kappa shape index (κ2) is 6.97. The predicted octanol–water partition coefficient (Wildman–Crippen LogP) is 2.32. The van der Waals surface area contributed by atoms with Gasteiger partial charge in [0.2, 0.25) is 5.91 Å². The number of hydrogen-bond donors (Lipinski definition) is 0. The van der Waals surface area contributed by atoms with E-state index in [-0.39, 0.29) is 29.2 Å². The van der Waals surface area contributed by atoms with Crippen LogP contribution in [0.3, 0.4) is 0 Å². The molecule has 0 radical (unpaired) electrons. The molecule has 1 amide bonds. The SMILES string of the molecule is CN1CCC(C(=O)N2C3CCC2CC(S(=O)(=O)c2ccccc2)C3)CC1. The van der Waals surface area contributed by atoms with Crippen molar-refractivity contribution in [2.24, 2.45) is 5.92 Å². The lowest BCUT2D eigenvalue weighted by molar-refractivity contribution is -0.141. The zero-order chi connectivity index (χ0) is 18.3. The molecule has 2 unspecified atom stereocenters. The van der Waals surface area contributed by atoms with E-state index in [0.717, 1.165) is 38.8 Å². The van der Waals surface area contributed by atoms with Crippen LogP contribution in [0.25, 0.3) is 0 Å². The van der Waals surface area contributed by atoms with Gasteiger partial charge >= 0.3 is 0 Å². The molecule has 3 saturated heterocycles. The number of rotatable bonds is 3. The summed E-state index contributed by atoms with van der Waals surface area (Å²) in [6.45, 7) is 1.95. The van der Waals surface area contributed by atoms with Crippen molar-refractivity contribution < 1.29 is 13.2 Å². The van der Waals surface area contributed by atoms with Crippen molar-refractivity contribution in [3.05, 3.63) is 30.3 Å². The smallest absolute Gasteiger partial charge is 0.226 e. The lowest BCUT2D eigenvalue weighted by atomic mass is 9.92. The molecular formula is C20H28N2O3S. The first-order chi connectivity index (χ1) is 12.5. The summed E-state index contributed by atoms with van der Waals surface area (Å²) < 4.78 is 26.0. The first-order valence-electron chi connectivity index (χ1n) is 9.76. The average Bonchev–Trinajstić information content (AvgIpc) is 2.91. The van der Waals surface area contributed by atoms with E-state index in [4.69, 9.17) is 0 Å². The first-order valence-corrected chi connectivity index (χ1v) is 11.3. The molecule has 1 aromatic carbocycles. The van der Waals surface area contributed by atoms with Gasteiger partial charge in [-0.1, -0.05) is 18.2 Å². The lowest BCUT2D eigenvalue weighted by Gasteiger charge is -2.41. The van der Waals surface area contributed by atoms with Gasteiger partial charge in [0.25, 0.3) is 0 Å². The maximum Gasteiger partial charge on any atom is 0.226 e. The molecule has 3 fully saturated rings. The summed E-state index contributed by atoms with van der Waals surface area (Å²) in [6.07, 6.45) is 4.93. The molecule has 3 aliphatic heterocycles. The topological polar surface area (TPSA) is 57.7 Å². The van der Waals surface area contributed by atoms with E-state index < -0.39 is 9.84 Å². The summed E-state index contributed by atoms with van der Waals surface area (Å²) in [5, 5.41) is -0.357. The van der Waals surface area contributed by atoms with Crippen molar-refractivity contribution in [2.45, 2.75) is 60.8 Å². The van der Waals surface area contributed by atoms with E-state index in [1.165, 1.54) is 0 Å². The quantitative estimate of drug-likeness (QED) is 0.812. The molecule has 0 aliphatic carbocycles. The second-order valence-corrected chi connectivity index (χ2v) is 10.4. The molecule has 26 heavy (non-hydrogen) atoms. The highest BCUT2D eigenvalue weighted by atomic mass is 32.2. The molecule has 3 aliphatic rings. The molecule has 0 saturated carbocycles. The Morgan fingerprint density at radius 1 is 0.962 bits per heavy atom. The minimum absolute atomic E-state index is 0.101. The zero-order valence-electron chi connectivity index (χ0n) is 15.4. The monoisotopic (exact) mass is 376 g/mol. The van der Waals surface area contributed by atoms with Crippen LogP contribution in [-0.2, 0) is 14.6 Å². The van der Waals surface area contributed by atoms with E-state index in [9.17, 15) is 13.2 Å². The highest BCUT2D eigenvalue weighted by molar-refractivity contribution is 7.92. The van der Waals surface area contributed by atoms with Crippen LogP contribution in [0.4, 0.5) is 0 Å². The van der Waals surface area contributed by atoms with Crippen molar-refractivity contribution in [2.75, 3.05) is 20.1 Å². The molecule has 6 heteroatoms. The molecule has 3 heterocycles. The molecule has 1 aromatic rings. The van der Waals surface area contributed by atoms with Gasteiger partial charge in [-0.25, -0.2) is 8.42 Å². The number of nitrogens with zero attached hydrogens (tertiary/aromatic N) is 2. The summed E-state index contributed by atoms with van der Waals surface area (Å²) >= 11 is 0. The predicted molar refractivity (Wildman–Crippen MR) is 101 cm³/mol. The van der Waals surface area contributed by atoms with Gasteiger partial charge in [0, 0.05) is 18.0 Å². The van der Waals surface area contributed by atoms with E-state index in [2.05, 4.69) is 16.8 Å². The number of fused-ring (bicyclic) bond motifs is 2. The lowest BCUT2D eigenvalue weighted by Crippen LogP contribution is -2.52. The van der Waals surface area contributed by atoms with Crippen molar-refractivity contribution in [1.82, 2.24) is 9.80 Å². The Bertz CT molecular complexity index is 743. The molecule has 0 spiro atoms. The molecule has 2 bridgehead atoms. The van der Waals surface area contributed by atoms with E-state index in [0.29, 0.717) is 17.7 Å². The Labute approximate surface area is 156 Å². The third kappa shape index (κ3) is 3.18. The van der Waals surface area contributed by atoms with Crippen molar-refractivity contribution in [3.63, 3.8) is 0 Å². The van der Waals surface area contributed by atoms with Gasteiger partial charge in [-0.2, -0.15) is 0 Å². The van der Waals surface area contributed by atoms with Crippen LogP contribution in [0.15, 0.2) is 35.2 Å². The average molecular weight is 377 g/mol. The van der Waals surface area contributed by atoms with Crippen LogP contribution >= 0.6 is 0 Å². The molecule has 2 atom stereocenters. The number of sulfone groups is 1. The van der Waals surface area contributed by atoms with E-state index >= 15 is 0 Å². The Balaban J connectivity index is 1.49. The van der Waals surface area contributed by atoms with Gasteiger partial charge in [-0.15, -0.1) is 0 Å². The highest BCUT2D eigenvalue weighted by Gasteiger charge is 2.48. The summed E-state index contributed by atoms with van der Waals surface area (Å²) in [4.78, 5) is 17.9. The molecule has 4 rings (SSSR count). The minimum Gasteiger partial charge on any atom is -0.336 e. The van der Waals surface area contributed by atoms with Crippen LogP contribution in [0, 0.1) is 5.92 Å². The van der Waals surface area contributed by atoms with Crippen LogP contribution in [0.5, 0.6) is 0 Å². The number of piperidine rings is 2. The molecule has 5 nitrogen and oxygen atoms in total. The van der Waals surface area contributed by atoms with Crippen molar-refractivity contribution in [1.29, 1.82) is 0 Å². The summed E-state index contributed by atoms with van der Waals surface area (Å²) in [7, 11) is -1.21. The van der Waals surface area contributed by atoms with Crippen molar-refractivity contribution >= 4 is 15.7 Å². The minimum atomic E-state index is -3.31. The number of likely N-dealkylation sites (tertiary alicyclic amines) is 1. The van der Waals surface area contributed by atoms with Crippen LogP contribution in [0.2, 0.25) is 0 Å². The Morgan fingerprint density at radius 2 is 1.54 bits per heavy atom. The Morgan fingerprint density at radius 3 is 2.12 bits per heavy atom. The van der Waals surface area contributed by atoms with Crippen molar-refractivity contribution in [3.8, 4) is 0 Å². The zero-order valence-corrected chi connectivity index (χ0v) is 16.2. The van der Waals surface area contributed by atoms with Crippen LogP contribution in [-0.4, -0.2) is 61.6 Å². The fourth-order valence-corrected chi connectivity index (χ4v) is 6.88. The first kappa shape index (κ1) is 18.0. The van der Waals surface area contributed by atoms with Gasteiger partial charge in [-0.3, -0.25) is 4.79 Å². The van der Waals surface area contributed by atoms with Crippen LogP contribution < -0.4 is 0 Å². The number of amides is 1. The van der Waals surface area contributed by atoms with Gasteiger partial charge in [-0.05, 0) is 70.8 Å². The second-order valence-electron chi connectivity index (χ2n) is 8.16. The van der Waals surface area contributed by atoms with Gasteiger partial charge in [0.1, 0.15) is 0 Å². The maximum absolute atomic E-state index is 13.1. The summed E-state index contributed by atoms with van der Waals surface area (Å²) in [6, 6.07) is 8.97. The molecular weight excluding hydrogens is 348 g/mol. The molecule has 142 valence electrons. The van der Waals surface area contributed by atoms with Gasteiger partial charge < -0.3 is 9.80 Å². The third-order valence-electron chi connectivity index (χ3n) is 6.52. The highest BCUT2D eigenvalue weighted by Crippen LogP contribution is 2.41. The largest absolute Gasteiger partial charge is 0.336 e. The number of benzene rings is 1. The number of carbonyl (C=O) groups is 1. The van der Waals surface area contributed by atoms with E-state index in [1.807, 2.05) is 6.07 Å². The Hall–Kier alpha value is -1.40.